The van der Waals surface area contributed by atoms with E-state index in [9.17, 15) is 4.79 Å². The van der Waals surface area contributed by atoms with Gasteiger partial charge in [-0.05, 0) is 51.4 Å². The van der Waals surface area contributed by atoms with E-state index >= 15 is 0 Å². The van der Waals surface area contributed by atoms with Gasteiger partial charge in [-0.1, -0.05) is 62.6 Å². The number of aliphatic hydroxyl groups excluding tert-OH is 1. The van der Waals surface area contributed by atoms with Gasteiger partial charge in [0, 0.05) is 13.0 Å². The predicted octanol–water partition coefficient (Wildman–Crippen LogP) is 5.89. The second-order valence-electron chi connectivity index (χ2n) is 6.25. The fourth-order valence-corrected chi connectivity index (χ4v) is 2.36. The third kappa shape index (κ3) is 20.6. The molecule has 0 fully saturated rings. The van der Waals surface area contributed by atoms with Crippen LogP contribution in [0, 0.1) is 0 Å². The third-order valence-electron chi connectivity index (χ3n) is 3.85. The van der Waals surface area contributed by atoms with Crippen LogP contribution in [0.4, 0.5) is 0 Å². The highest BCUT2D eigenvalue weighted by Crippen LogP contribution is 2.08. The number of carbonyl (C=O) groups excluding carboxylic acids is 1. The number of rotatable bonds is 17. The monoisotopic (exact) mass is 350 g/mol. The number of esters is 1. The Kier molecular flexibility index (Phi) is 19.6. The number of carbonyl (C=O) groups is 1. The summed E-state index contributed by atoms with van der Waals surface area (Å²) < 4.78 is 5.09. The minimum atomic E-state index is -0.0980. The summed E-state index contributed by atoms with van der Waals surface area (Å²) in [4.78, 5) is 11.4. The van der Waals surface area contributed by atoms with E-state index in [1.165, 1.54) is 19.3 Å². The number of ether oxygens (including phenoxy) is 1. The van der Waals surface area contributed by atoms with Crippen LogP contribution in [-0.4, -0.2) is 24.3 Å². The molecule has 0 aromatic rings. The fraction of sp³-hybridized carbons (Fsp3) is 0.682. The van der Waals surface area contributed by atoms with Crippen molar-refractivity contribution in [2.24, 2.45) is 0 Å². The average Bonchev–Trinajstić information content (AvgIpc) is 2.62. The SMILES string of the molecule is CC/C=C\C/C=C\C/C=C\CCCCCCCC(=O)OCCCCO. The lowest BCUT2D eigenvalue weighted by atomic mass is 10.1. The Morgan fingerprint density at radius 2 is 1.44 bits per heavy atom. The molecule has 0 amide bonds. The van der Waals surface area contributed by atoms with Crippen molar-refractivity contribution in [3.05, 3.63) is 36.5 Å². The van der Waals surface area contributed by atoms with E-state index in [1.807, 2.05) is 0 Å². The van der Waals surface area contributed by atoms with E-state index in [1.54, 1.807) is 0 Å². The minimum absolute atomic E-state index is 0.0980. The highest BCUT2D eigenvalue weighted by atomic mass is 16.5. The molecule has 3 nitrogen and oxygen atoms in total. The van der Waals surface area contributed by atoms with Gasteiger partial charge in [0.25, 0.3) is 0 Å². The fourth-order valence-electron chi connectivity index (χ4n) is 2.36. The Labute approximate surface area is 154 Å². The molecule has 0 radical (unpaired) electrons. The smallest absolute Gasteiger partial charge is 0.305 e. The van der Waals surface area contributed by atoms with Crippen LogP contribution >= 0.6 is 0 Å². The van der Waals surface area contributed by atoms with E-state index in [0.29, 0.717) is 19.4 Å². The Hall–Kier alpha value is -1.35. The van der Waals surface area contributed by atoms with Gasteiger partial charge in [0.15, 0.2) is 0 Å². The van der Waals surface area contributed by atoms with Crippen molar-refractivity contribution < 1.29 is 14.6 Å². The molecule has 0 aromatic carbocycles. The molecule has 25 heavy (non-hydrogen) atoms. The van der Waals surface area contributed by atoms with Crippen molar-refractivity contribution in [1.29, 1.82) is 0 Å². The first kappa shape index (κ1) is 23.6. The van der Waals surface area contributed by atoms with Crippen molar-refractivity contribution >= 4 is 5.97 Å². The lowest BCUT2D eigenvalue weighted by molar-refractivity contribution is -0.143. The molecule has 0 spiro atoms. The molecule has 0 heterocycles. The van der Waals surface area contributed by atoms with Gasteiger partial charge in [0.05, 0.1) is 6.61 Å². The molecule has 3 heteroatoms. The molecule has 0 saturated heterocycles. The molecule has 0 saturated carbocycles. The summed E-state index contributed by atoms with van der Waals surface area (Å²) in [6.45, 7) is 2.76. The first-order valence-corrected chi connectivity index (χ1v) is 10.0. The summed E-state index contributed by atoms with van der Waals surface area (Å²) in [6, 6.07) is 0. The normalized spacial score (nSPS) is 11.9. The van der Waals surface area contributed by atoms with Gasteiger partial charge in [0.1, 0.15) is 0 Å². The van der Waals surface area contributed by atoms with Crippen LogP contribution in [0.5, 0.6) is 0 Å². The third-order valence-corrected chi connectivity index (χ3v) is 3.85. The van der Waals surface area contributed by atoms with Crippen molar-refractivity contribution in [1.82, 2.24) is 0 Å². The van der Waals surface area contributed by atoms with Crippen molar-refractivity contribution in [2.75, 3.05) is 13.2 Å². The summed E-state index contributed by atoms with van der Waals surface area (Å²) in [5, 5.41) is 8.63. The van der Waals surface area contributed by atoms with Gasteiger partial charge in [-0.25, -0.2) is 0 Å². The van der Waals surface area contributed by atoms with Gasteiger partial charge < -0.3 is 9.84 Å². The maximum atomic E-state index is 11.4. The van der Waals surface area contributed by atoms with Crippen molar-refractivity contribution in [3.8, 4) is 0 Å². The molecule has 0 unspecified atom stereocenters. The van der Waals surface area contributed by atoms with Crippen LogP contribution in [-0.2, 0) is 9.53 Å². The molecule has 0 aromatic heterocycles. The van der Waals surface area contributed by atoms with Gasteiger partial charge in [-0.2, -0.15) is 0 Å². The zero-order chi connectivity index (χ0) is 18.4. The van der Waals surface area contributed by atoms with E-state index < -0.39 is 0 Å². The van der Waals surface area contributed by atoms with E-state index in [4.69, 9.17) is 9.84 Å². The first-order chi connectivity index (χ1) is 12.3. The van der Waals surface area contributed by atoms with Gasteiger partial charge >= 0.3 is 5.97 Å². The number of aliphatic hydroxyl groups is 1. The molecule has 0 aliphatic carbocycles. The van der Waals surface area contributed by atoms with Gasteiger partial charge in [0.2, 0.25) is 0 Å². The van der Waals surface area contributed by atoms with Crippen LogP contribution in [0.2, 0.25) is 0 Å². The average molecular weight is 351 g/mol. The second kappa shape index (κ2) is 20.7. The number of hydrogen-bond acceptors (Lipinski definition) is 3. The highest BCUT2D eigenvalue weighted by molar-refractivity contribution is 5.69. The summed E-state index contributed by atoms with van der Waals surface area (Å²) in [5.74, 6) is -0.0980. The van der Waals surface area contributed by atoms with Crippen molar-refractivity contribution in [2.45, 2.75) is 84.0 Å². The molecule has 144 valence electrons. The Balaban J connectivity index is 3.28. The molecular formula is C22H38O3. The quantitative estimate of drug-likeness (QED) is 0.202. The molecule has 0 aliphatic heterocycles. The Morgan fingerprint density at radius 1 is 0.800 bits per heavy atom. The van der Waals surface area contributed by atoms with Crippen LogP contribution in [0.15, 0.2) is 36.5 Å². The number of allylic oxidation sites excluding steroid dienone is 6. The van der Waals surface area contributed by atoms with Crippen LogP contribution in [0.1, 0.15) is 84.0 Å². The lowest BCUT2D eigenvalue weighted by Gasteiger charge is -2.04. The molecule has 0 bridgehead atoms. The zero-order valence-corrected chi connectivity index (χ0v) is 16.1. The van der Waals surface area contributed by atoms with E-state index in [2.05, 4.69) is 43.4 Å². The molecule has 0 rings (SSSR count). The highest BCUT2D eigenvalue weighted by Gasteiger charge is 2.01. The standard InChI is InChI=1S/C22H38O3/c1-2-3-4-5-6-7-8-9-10-11-12-13-14-15-16-19-22(24)25-21-18-17-20-23/h3-4,6-7,9-10,23H,2,5,8,11-21H2,1H3/b4-3-,7-6-,10-9-. The van der Waals surface area contributed by atoms with Crippen LogP contribution in [0.3, 0.4) is 0 Å². The summed E-state index contributed by atoms with van der Waals surface area (Å²) in [7, 11) is 0. The van der Waals surface area contributed by atoms with Gasteiger partial charge in [-0.3, -0.25) is 4.79 Å². The molecular weight excluding hydrogens is 312 g/mol. The predicted molar refractivity (Wildman–Crippen MR) is 107 cm³/mol. The van der Waals surface area contributed by atoms with Crippen LogP contribution in [0.25, 0.3) is 0 Å². The topological polar surface area (TPSA) is 46.5 Å². The van der Waals surface area contributed by atoms with Gasteiger partial charge in [-0.15, -0.1) is 0 Å². The van der Waals surface area contributed by atoms with E-state index in [-0.39, 0.29) is 12.6 Å². The molecule has 0 aliphatic rings. The van der Waals surface area contributed by atoms with Crippen LogP contribution < -0.4 is 0 Å². The van der Waals surface area contributed by atoms with E-state index in [0.717, 1.165) is 44.9 Å². The first-order valence-electron chi connectivity index (χ1n) is 10.0. The van der Waals surface area contributed by atoms with Crippen molar-refractivity contribution in [3.63, 3.8) is 0 Å². The maximum Gasteiger partial charge on any atom is 0.305 e. The summed E-state index contributed by atoms with van der Waals surface area (Å²) >= 11 is 0. The number of hydrogen-bond donors (Lipinski definition) is 1. The minimum Gasteiger partial charge on any atom is -0.466 e. The molecule has 0 atom stereocenters. The largest absolute Gasteiger partial charge is 0.466 e. The second-order valence-corrected chi connectivity index (χ2v) is 6.25. The Bertz CT molecular complexity index is 369. The maximum absolute atomic E-state index is 11.4. The Morgan fingerprint density at radius 3 is 2.16 bits per heavy atom. The molecule has 1 N–H and O–H groups in total. The zero-order valence-electron chi connectivity index (χ0n) is 16.1. The summed E-state index contributed by atoms with van der Waals surface area (Å²) in [5.41, 5.74) is 0. The number of unbranched alkanes of at least 4 members (excludes halogenated alkanes) is 6. The lowest BCUT2D eigenvalue weighted by Crippen LogP contribution is -2.06. The summed E-state index contributed by atoms with van der Waals surface area (Å²) in [6.07, 6.45) is 25.3.